The van der Waals surface area contributed by atoms with Gasteiger partial charge in [-0.2, -0.15) is 18.2 Å². The van der Waals surface area contributed by atoms with E-state index in [1.807, 2.05) is 30.3 Å². The van der Waals surface area contributed by atoms with Crippen LogP contribution in [0, 0.1) is 0 Å². The molecule has 3 heterocycles. The third-order valence-electron chi connectivity index (χ3n) is 6.28. The minimum absolute atomic E-state index is 0.0477. The third-order valence-corrected chi connectivity index (χ3v) is 6.28. The molecule has 5 rings (SSSR count). The first kappa shape index (κ1) is 24.7. The van der Waals surface area contributed by atoms with Crippen molar-refractivity contribution in [1.82, 2.24) is 24.4 Å². The number of hydrogen-bond acceptors (Lipinski definition) is 6. The second kappa shape index (κ2) is 10.2. The number of nitrogens with one attached hydrogen (secondary N) is 2. The summed E-state index contributed by atoms with van der Waals surface area (Å²) in [6, 6.07) is 16.3. The van der Waals surface area contributed by atoms with E-state index in [0.717, 1.165) is 43.4 Å². The first-order chi connectivity index (χ1) is 17.7. The van der Waals surface area contributed by atoms with Crippen LogP contribution in [0.25, 0.3) is 16.8 Å². The lowest BCUT2D eigenvalue weighted by molar-refractivity contribution is -0.137. The molecule has 0 saturated carbocycles. The molecule has 1 saturated heterocycles. The van der Waals surface area contributed by atoms with Gasteiger partial charge in [0, 0.05) is 43.6 Å². The second-order valence-electron chi connectivity index (χ2n) is 9.03. The molecule has 37 heavy (non-hydrogen) atoms. The standard InChI is InChI=1S/C26H26F3N7O/c1-34-12-14-35(15-13-34)17-24(37)30-20-9-6-18(7-10-20)19-8-11-23-32-25(33-36(23)16-19)31-22-5-3-2-4-21(22)26(27,28)29/h2-11,16H,12-15,17H2,1H3,(H,30,37)(H,31,33). The van der Waals surface area contributed by atoms with E-state index < -0.39 is 11.7 Å². The third kappa shape index (κ3) is 5.89. The van der Waals surface area contributed by atoms with E-state index in [0.29, 0.717) is 17.9 Å². The van der Waals surface area contributed by atoms with Crippen LogP contribution in [0.5, 0.6) is 0 Å². The normalized spacial score (nSPS) is 15.1. The number of fused-ring (bicyclic) bond motifs is 1. The molecule has 0 aliphatic carbocycles. The summed E-state index contributed by atoms with van der Waals surface area (Å²) in [6.07, 6.45) is -2.74. The molecule has 2 aromatic carbocycles. The topological polar surface area (TPSA) is 77.8 Å². The maximum absolute atomic E-state index is 13.3. The number of anilines is 3. The van der Waals surface area contributed by atoms with E-state index >= 15 is 0 Å². The SMILES string of the molecule is CN1CCN(CC(=O)Nc2ccc(-c3ccc4nc(Nc5ccccc5C(F)(F)F)nn4c3)cc2)CC1. The first-order valence-electron chi connectivity index (χ1n) is 11.9. The number of likely N-dealkylation sites (N-methyl/N-ethyl adjacent to an activating group) is 1. The fourth-order valence-electron chi connectivity index (χ4n) is 4.22. The molecule has 0 spiro atoms. The Kier molecular flexibility index (Phi) is 6.81. The smallest absolute Gasteiger partial charge is 0.325 e. The summed E-state index contributed by atoms with van der Waals surface area (Å²) in [7, 11) is 2.08. The van der Waals surface area contributed by atoms with Gasteiger partial charge in [0.1, 0.15) is 0 Å². The van der Waals surface area contributed by atoms with Crippen molar-refractivity contribution in [3.8, 4) is 11.1 Å². The van der Waals surface area contributed by atoms with Gasteiger partial charge in [-0.3, -0.25) is 9.69 Å². The van der Waals surface area contributed by atoms with Crippen LogP contribution in [0.2, 0.25) is 0 Å². The summed E-state index contributed by atoms with van der Waals surface area (Å²) in [4.78, 5) is 21.1. The van der Waals surface area contributed by atoms with Gasteiger partial charge in [-0.05, 0) is 49.0 Å². The number of rotatable bonds is 6. The van der Waals surface area contributed by atoms with E-state index in [1.54, 1.807) is 12.3 Å². The number of alkyl halides is 3. The molecule has 192 valence electrons. The predicted molar refractivity (Wildman–Crippen MR) is 136 cm³/mol. The highest BCUT2D eigenvalue weighted by atomic mass is 19.4. The van der Waals surface area contributed by atoms with Crippen molar-refractivity contribution in [1.29, 1.82) is 0 Å². The highest BCUT2D eigenvalue weighted by Gasteiger charge is 2.33. The molecule has 2 N–H and O–H groups in total. The zero-order valence-corrected chi connectivity index (χ0v) is 20.2. The van der Waals surface area contributed by atoms with E-state index in [1.165, 1.54) is 22.7 Å². The molecule has 0 radical (unpaired) electrons. The Bertz CT molecular complexity index is 1390. The Morgan fingerprint density at radius 3 is 2.38 bits per heavy atom. The van der Waals surface area contributed by atoms with Gasteiger partial charge < -0.3 is 15.5 Å². The zero-order valence-electron chi connectivity index (χ0n) is 20.2. The quantitative estimate of drug-likeness (QED) is 0.403. The number of nitrogens with zero attached hydrogens (tertiary/aromatic N) is 5. The van der Waals surface area contributed by atoms with Crippen molar-refractivity contribution in [3.63, 3.8) is 0 Å². The molecule has 1 aliphatic heterocycles. The van der Waals surface area contributed by atoms with Crippen LogP contribution >= 0.6 is 0 Å². The van der Waals surface area contributed by atoms with Crippen LogP contribution in [0.15, 0.2) is 66.9 Å². The van der Waals surface area contributed by atoms with Gasteiger partial charge in [0.25, 0.3) is 0 Å². The molecule has 0 atom stereocenters. The molecule has 0 unspecified atom stereocenters. The predicted octanol–water partition coefficient (Wildman–Crippen LogP) is 4.34. The summed E-state index contributed by atoms with van der Waals surface area (Å²) in [5.74, 6) is 0.0146. The van der Waals surface area contributed by atoms with Gasteiger partial charge in [-0.25, -0.2) is 4.52 Å². The van der Waals surface area contributed by atoms with Gasteiger partial charge in [0.2, 0.25) is 11.9 Å². The monoisotopic (exact) mass is 509 g/mol. The van der Waals surface area contributed by atoms with Crippen molar-refractivity contribution in [2.45, 2.75) is 6.18 Å². The van der Waals surface area contributed by atoms with Crippen LogP contribution in [0.1, 0.15) is 5.56 Å². The van der Waals surface area contributed by atoms with Gasteiger partial charge in [-0.1, -0.05) is 24.3 Å². The maximum Gasteiger partial charge on any atom is 0.418 e. The molecular formula is C26H26F3N7O. The Hall–Kier alpha value is -3.96. The lowest BCUT2D eigenvalue weighted by Crippen LogP contribution is -2.47. The summed E-state index contributed by atoms with van der Waals surface area (Å²) in [6.45, 7) is 4.02. The lowest BCUT2D eigenvalue weighted by atomic mass is 10.1. The molecule has 0 bridgehead atoms. The van der Waals surface area contributed by atoms with E-state index in [2.05, 4.69) is 37.6 Å². The molecule has 1 fully saturated rings. The van der Waals surface area contributed by atoms with E-state index in [4.69, 9.17) is 0 Å². The van der Waals surface area contributed by atoms with Crippen LogP contribution in [-0.4, -0.2) is 70.1 Å². The number of carbonyl (C=O) groups excluding carboxylic acids is 1. The van der Waals surface area contributed by atoms with Gasteiger partial charge in [0.15, 0.2) is 5.65 Å². The van der Waals surface area contributed by atoms with Crippen LogP contribution in [0.3, 0.4) is 0 Å². The Morgan fingerprint density at radius 2 is 1.65 bits per heavy atom. The van der Waals surface area contributed by atoms with Crippen LogP contribution in [-0.2, 0) is 11.0 Å². The summed E-state index contributed by atoms with van der Waals surface area (Å²) >= 11 is 0. The number of halogens is 3. The van der Waals surface area contributed by atoms with Gasteiger partial charge in [0.05, 0.1) is 17.8 Å². The van der Waals surface area contributed by atoms with Crippen molar-refractivity contribution in [3.05, 3.63) is 72.4 Å². The summed E-state index contributed by atoms with van der Waals surface area (Å²) in [5, 5.41) is 9.91. The summed E-state index contributed by atoms with van der Waals surface area (Å²) < 4.78 is 41.4. The minimum atomic E-state index is -4.49. The van der Waals surface area contributed by atoms with Crippen molar-refractivity contribution in [2.24, 2.45) is 0 Å². The molecule has 1 aliphatic rings. The Balaban J connectivity index is 1.26. The number of amides is 1. The van der Waals surface area contributed by atoms with Crippen LogP contribution in [0.4, 0.5) is 30.5 Å². The number of para-hydroxylation sites is 1. The van der Waals surface area contributed by atoms with E-state index in [9.17, 15) is 18.0 Å². The van der Waals surface area contributed by atoms with Crippen molar-refractivity contribution < 1.29 is 18.0 Å². The largest absolute Gasteiger partial charge is 0.418 e. The number of hydrogen-bond donors (Lipinski definition) is 2. The molecule has 1 amide bonds. The van der Waals surface area contributed by atoms with Gasteiger partial charge in [-0.15, -0.1) is 5.10 Å². The minimum Gasteiger partial charge on any atom is -0.325 e. The molecule has 2 aromatic heterocycles. The van der Waals surface area contributed by atoms with Crippen molar-refractivity contribution in [2.75, 3.05) is 50.4 Å². The molecule has 11 heteroatoms. The average Bonchev–Trinajstić information content (AvgIpc) is 3.27. The Labute approximate surface area is 211 Å². The van der Waals surface area contributed by atoms with Gasteiger partial charge >= 0.3 is 6.18 Å². The number of benzene rings is 2. The number of piperazine rings is 1. The van der Waals surface area contributed by atoms with Crippen molar-refractivity contribution >= 4 is 28.9 Å². The number of carbonyl (C=O) groups is 1. The maximum atomic E-state index is 13.3. The fourth-order valence-corrected chi connectivity index (χ4v) is 4.22. The highest BCUT2D eigenvalue weighted by molar-refractivity contribution is 5.92. The zero-order chi connectivity index (χ0) is 26.0. The lowest BCUT2D eigenvalue weighted by Gasteiger charge is -2.31. The Morgan fingerprint density at radius 1 is 0.946 bits per heavy atom. The molecule has 4 aromatic rings. The molecule has 8 nitrogen and oxygen atoms in total. The molecular weight excluding hydrogens is 483 g/mol. The number of aromatic nitrogens is 3. The average molecular weight is 510 g/mol. The fraction of sp³-hybridized carbons (Fsp3) is 0.269. The second-order valence-corrected chi connectivity index (χ2v) is 9.03. The van der Waals surface area contributed by atoms with E-state index in [-0.39, 0.29) is 17.5 Å². The summed E-state index contributed by atoms with van der Waals surface area (Å²) in [5.41, 5.74) is 2.03. The first-order valence-corrected chi connectivity index (χ1v) is 11.9. The highest BCUT2D eigenvalue weighted by Crippen LogP contribution is 2.35. The number of pyridine rings is 1. The van der Waals surface area contributed by atoms with Crippen LogP contribution < -0.4 is 10.6 Å².